The van der Waals surface area contributed by atoms with Crippen molar-refractivity contribution < 1.29 is 9.90 Å². The molecule has 2 rings (SSSR count). The lowest BCUT2D eigenvalue weighted by Crippen LogP contribution is -2.52. The van der Waals surface area contributed by atoms with E-state index in [2.05, 4.69) is 5.32 Å². The van der Waals surface area contributed by atoms with Crippen LogP contribution >= 0.6 is 0 Å². The minimum absolute atomic E-state index is 0.127. The molecule has 1 aliphatic carbocycles. The van der Waals surface area contributed by atoms with E-state index in [-0.39, 0.29) is 18.1 Å². The number of nitrogens with two attached hydrogens (primary N) is 1. The highest BCUT2D eigenvalue weighted by atomic mass is 16.3. The van der Waals surface area contributed by atoms with E-state index in [1.807, 2.05) is 30.3 Å². The van der Waals surface area contributed by atoms with Crippen molar-refractivity contribution in [1.29, 1.82) is 0 Å². The highest BCUT2D eigenvalue weighted by Gasteiger charge is 2.32. The third-order valence-electron chi connectivity index (χ3n) is 3.88. The van der Waals surface area contributed by atoms with Gasteiger partial charge in [-0.2, -0.15) is 0 Å². The van der Waals surface area contributed by atoms with Gasteiger partial charge in [0.15, 0.2) is 0 Å². The fourth-order valence-electron chi connectivity index (χ4n) is 2.47. The van der Waals surface area contributed by atoms with Gasteiger partial charge in [0.05, 0.1) is 6.10 Å². The van der Waals surface area contributed by atoms with Crippen LogP contribution < -0.4 is 11.1 Å². The summed E-state index contributed by atoms with van der Waals surface area (Å²) in [5, 5.41) is 12.5. The summed E-state index contributed by atoms with van der Waals surface area (Å²) in [5.41, 5.74) is 5.96. The molecule has 0 aliphatic heterocycles. The van der Waals surface area contributed by atoms with Crippen molar-refractivity contribution in [3.05, 3.63) is 35.9 Å². The Hall–Kier alpha value is -1.39. The van der Waals surface area contributed by atoms with Crippen LogP contribution in [0.3, 0.4) is 0 Å². The van der Waals surface area contributed by atoms with Gasteiger partial charge in [-0.1, -0.05) is 30.3 Å². The summed E-state index contributed by atoms with van der Waals surface area (Å²) in [4.78, 5) is 12.3. The van der Waals surface area contributed by atoms with E-state index in [1.54, 1.807) is 6.92 Å². The number of carbonyl (C=O) groups is 1. The number of carbonyl (C=O) groups excluding carboxylic acids is 1. The van der Waals surface area contributed by atoms with Crippen LogP contribution in [0.25, 0.3) is 0 Å². The molecule has 1 unspecified atom stereocenters. The molecular weight excluding hydrogens is 240 g/mol. The molecule has 1 aromatic rings. The minimum atomic E-state index is -1.02. The molecule has 0 heterocycles. The van der Waals surface area contributed by atoms with Gasteiger partial charge in [-0.25, -0.2) is 0 Å². The summed E-state index contributed by atoms with van der Waals surface area (Å²) in [6, 6.07) is 9.52. The highest BCUT2D eigenvalue weighted by Crippen LogP contribution is 2.21. The van der Waals surface area contributed by atoms with Gasteiger partial charge < -0.3 is 16.2 Å². The molecule has 0 bridgehead atoms. The molecule has 4 nitrogen and oxygen atoms in total. The first-order chi connectivity index (χ1) is 9.00. The van der Waals surface area contributed by atoms with E-state index < -0.39 is 5.54 Å². The maximum absolute atomic E-state index is 12.3. The fraction of sp³-hybridized carbons (Fsp3) is 0.533. The third kappa shape index (κ3) is 3.33. The largest absolute Gasteiger partial charge is 0.393 e. The van der Waals surface area contributed by atoms with E-state index in [0.717, 1.165) is 31.2 Å². The Kier molecular flexibility index (Phi) is 4.22. The molecule has 0 saturated heterocycles. The number of nitrogens with one attached hydrogen (secondary N) is 1. The number of hydrogen-bond acceptors (Lipinski definition) is 3. The third-order valence-corrected chi connectivity index (χ3v) is 3.88. The summed E-state index contributed by atoms with van der Waals surface area (Å²) in [5.74, 6) is -0.153. The number of amides is 1. The summed E-state index contributed by atoms with van der Waals surface area (Å²) >= 11 is 0. The van der Waals surface area contributed by atoms with Gasteiger partial charge in [0.25, 0.3) is 0 Å². The second kappa shape index (κ2) is 5.72. The van der Waals surface area contributed by atoms with Crippen molar-refractivity contribution in [2.24, 2.45) is 5.73 Å². The second-order valence-corrected chi connectivity index (χ2v) is 5.55. The van der Waals surface area contributed by atoms with Gasteiger partial charge >= 0.3 is 0 Å². The fourth-order valence-corrected chi connectivity index (χ4v) is 2.47. The number of rotatable bonds is 3. The Balaban J connectivity index is 1.99. The van der Waals surface area contributed by atoms with Crippen LogP contribution in [0, 0.1) is 0 Å². The summed E-state index contributed by atoms with van der Waals surface area (Å²) in [7, 11) is 0. The molecule has 4 N–H and O–H groups in total. The van der Waals surface area contributed by atoms with Crippen molar-refractivity contribution in [3.63, 3.8) is 0 Å². The second-order valence-electron chi connectivity index (χ2n) is 5.55. The SMILES string of the molecule is CC(N)(C(=O)NC1CCC(O)CC1)c1ccccc1. The Morgan fingerprint density at radius 2 is 1.84 bits per heavy atom. The standard InChI is InChI=1S/C15H22N2O2/c1-15(16,11-5-3-2-4-6-11)14(19)17-12-7-9-13(18)10-8-12/h2-6,12-13,18H,7-10,16H2,1H3,(H,17,19). The molecule has 1 amide bonds. The van der Waals surface area contributed by atoms with Gasteiger partial charge in [0.1, 0.15) is 5.54 Å². The molecule has 0 aromatic heterocycles. The van der Waals surface area contributed by atoms with Crippen molar-refractivity contribution in [3.8, 4) is 0 Å². The average Bonchev–Trinajstić information content (AvgIpc) is 2.42. The van der Waals surface area contributed by atoms with E-state index in [1.165, 1.54) is 0 Å². The molecule has 1 aromatic carbocycles. The zero-order chi connectivity index (χ0) is 13.9. The van der Waals surface area contributed by atoms with E-state index in [0.29, 0.717) is 0 Å². The highest BCUT2D eigenvalue weighted by molar-refractivity contribution is 5.87. The van der Waals surface area contributed by atoms with E-state index >= 15 is 0 Å². The van der Waals surface area contributed by atoms with E-state index in [9.17, 15) is 9.90 Å². The molecule has 4 heteroatoms. The number of aliphatic hydroxyl groups is 1. The lowest BCUT2D eigenvalue weighted by atomic mass is 9.89. The predicted molar refractivity (Wildman–Crippen MR) is 74.4 cm³/mol. The van der Waals surface area contributed by atoms with Gasteiger partial charge in [-0.15, -0.1) is 0 Å². The first-order valence-electron chi connectivity index (χ1n) is 6.83. The summed E-state index contributed by atoms with van der Waals surface area (Å²) < 4.78 is 0. The Labute approximate surface area is 114 Å². The number of benzene rings is 1. The van der Waals surface area contributed by atoms with Crippen LogP contribution in [-0.4, -0.2) is 23.2 Å². The Bertz CT molecular complexity index is 423. The zero-order valence-electron chi connectivity index (χ0n) is 11.3. The molecule has 1 atom stereocenters. The van der Waals surface area contributed by atoms with Gasteiger partial charge in [0, 0.05) is 6.04 Å². The van der Waals surface area contributed by atoms with Crippen LogP contribution in [0.5, 0.6) is 0 Å². The molecule has 0 spiro atoms. The summed E-state index contributed by atoms with van der Waals surface area (Å²) in [6.07, 6.45) is 2.91. The molecular formula is C15H22N2O2. The van der Waals surface area contributed by atoms with Crippen LogP contribution in [0.2, 0.25) is 0 Å². The van der Waals surface area contributed by atoms with Crippen LogP contribution in [0.15, 0.2) is 30.3 Å². The maximum atomic E-state index is 12.3. The normalized spacial score (nSPS) is 26.5. The van der Waals surface area contributed by atoms with Crippen LogP contribution in [0.1, 0.15) is 38.2 Å². The smallest absolute Gasteiger partial charge is 0.244 e. The topological polar surface area (TPSA) is 75.4 Å². The Morgan fingerprint density at radius 1 is 1.26 bits per heavy atom. The van der Waals surface area contributed by atoms with Gasteiger partial charge in [-0.3, -0.25) is 4.79 Å². The lowest BCUT2D eigenvalue weighted by Gasteiger charge is -2.30. The predicted octanol–water partition coefficient (Wildman–Crippen LogP) is 1.28. The minimum Gasteiger partial charge on any atom is -0.393 e. The van der Waals surface area contributed by atoms with Crippen LogP contribution in [-0.2, 0) is 10.3 Å². The van der Waals surface area contributed by atoms with Crippen molar-refractivity contribution in [2.45, 2.75) is 50.3 Å². The van der Waals surface area contributed by atoms with E-state index in [4.69, 9.17) is 5.73 Å². The van der Waals surface area contributed by atoms with Crippen molar-refractivity contribution in [2.75, 3.05) is 0 Å². The average molecular weight is 262 g/mol. The molecule has 19 heavy (non-hydrogen) atoms. The molecule has 0 radical (unpaired) electrons. The first kappa shape index (κ1) is 14.0. The van der Waals surface area contributed by atoms with Gasteiger partial charge in [0.2, 0.25) is 5.91 Å². The molecule has 1 saturated carbocycles. The number of aliphatic hydroxyl groups excluding tert-OH is 1. The molecule has 1 fully saturated rings. The first-order valence-corrected chi connectivity index (χ1v) is 6.83. The lowest BCUT2D eigenvalue weighted by molar-refractivity contribution is -0.127. The Morgan fingerprint density at radius 3 is 2.42 bits per heavy atom. The monoisotopic (exact) mass is 262 g/mol. The zero-order valence-corrected chi connectivity index (χ0v) is 11.3. The van der Waals surface area contributed by atoms with Gasteiger partial charge in [-0.05, 0) is 38.2 Å². The quantitative estimate of drug-likeness (QED) is 0.768. The maximum Gasteiger partial charge on any atom is 0.244 e. The number of hydrogen-bond donors (Lipinski definition) is 3. The molecule has 1 aliphatic rings. The van der Waals surface area contributed by atoms with Crippen molar-refractivity contribution in [1.82, 2.24) is 5.32 Å². The molecule has 104 valence electrons. The van der Waals surface area contributed by atoms with Crippen LogP contribution in [0.4, 0.5) is 0 Å². The summed E-state index contributed by atoms with van der Waals surface area (Å²) in [6.45, 7) is 1.73. The van der Waals surface area contributed by atoms with Crippen molar-refractivity contribution >= 4 is 5.91 Å².